The van der Waals surface area contributed by atoms with Crippen LogP contribution >= 0.6 is 0 Å². The maximum absolute atomic E-state index is 13.8. The van der Waals surface area contributed by atoms with Crippen LogP contribution in [-0.4, -0.2) is 34.0 Å². The van der Waals surface area contributed by atoms with E-state index in [1.54, 1.807) is 17.7 Å². The van der Waals surface area contributed by atoms with Crippen molar-refractivity contribution in [2.75, 3.05) is 13.7 Å². The Morgan fingerprint density at radius 2 is 1.71 bits per heavy atom. The van der Waals surface area contributed by atoms with Gasteiger partial charge >= 0.3 is 0 Å². The van der Waals surface area contributed by atoms with Gasteiger partial charge in [-0.2, -0.15) is 0 Å². The van der Waals surface area contributed by atoms with Gasteiger partial charge in [0.05, 0.1) is 29.7 Å². The first-order valence-electron chi connectivity index (χ1n) is 12.9. The summed E-state index contributed by atoms with van der Waals surface area (Å²) in [6, 6.07) is 14.4. The van der Waals surface area contributed by atoms with Gasteiger partial charge in [-0.05, 0) is 62.6 Å². The van der Waals surface area contributed by atoms with Crippen molar-refractivity contribution in [3.8, 4) is 11.4 Å². The van der Waals surface area contributed by atoms with Crippen molar-refractivity contribution in [3.05, 3.63) is 64.7 Å². The summed E-state index contributed by atoms with van der Waals surface area (Å²) in [5.74, 6) is 1.43. The molecule has 3 rings (SSSR count). The van der Waals surface area contributed by atoms with Gasteiger partial charge < -0.3 is 9.64 Å². The van der Waals surface area contributed by atoms with E-state index in [0.717, 1.165) is 38.5 Å². The Labute approximate surface area is 208 Å². The summed E-state index contributed by atoms with van der Waals surface area (Å²) in [6.07, 6.45) is 5.68. The highest BCUT2D eigenvalue weighted by molar-refractivity contribution is 5.80. The molecular formula is C29H39N3O3. The lowest BCUT2D eigenvalue weighted by Gasteiger charge is -2.33. The monoisotopic (exact) mass is 477 g/mol. The molecule has 1 heterocycles. The number of para-hydroxylation sites is 1. The first kappa shape index (κ1) is 26.5. The van der Waals surface area contributed by atoms with Gasteiger partial charge in [-0.1, -0.05) is 52.2 Å². The molecule has 0 fully saturated rings. The number of carbonyl (C=O) groups excluding carboxylic acids is 1. The molecule has 0 N–H and O–H groups in total. The lowest BCUT2D eigenvalue weighted by atomic mass is 9.96. The summed E-state index contributed by atoms with van der Waals surface area (Å²) in [6.45, 7) is 9.01. The van der Waals surface area contributed by atoms with Crippen LogP contribution in [0.4, 0.5) is 0 Å². The number of carbonyl (C=O) groups is 1. The molecule has 0 bridgehead atoms. The lowest BCUT2D eigenvalue weighted by molar-refractivity contribution is -0.138. The van der Waals surface area contributed by atoms with Crippen LogP contribution in [0.3, 0.4) is 0 Å². The molecule has 3 aromatic rings. The van der Waals surface area contributed by atoms with Gasteiger partial charge in [0.2, 0.25) is 5.91 Å². The van der Waals surface area contributed by atoms with Crippen molar-refractivity contribution in [1.29, 1.82) is 0 Å². The fourth-order valence-corrected chi connectivity index (χ4v) is 4.56. The van der Waals surface area contributed by atoms with Crippen molar-refractivity contribution in [3.63, 3.8) is 0 Å². The fourth-order valence-electron chi connectivity index (χ4n) is 4.56. The SMILES string of the molecule is CCCCC(CC)C(=O)N(CCCC)C(C)c1nc2ccccc2c(=O)n1-c1ccc(OC)cc1. The second-order valence-corrected chi connectivity index (χ2v) is 9.13. The van der Waals surface area contributed by atoms with E-state index in [1.807, 2.05) is 54.3 Å². The molecule has 188 valence electrons. The number of fused-ring (bicyclic) bond motifs is 1. The number of aromatic nitrogens is 2. The Morgan fingerprint density at radius 3 is 2.34 bits per heavy atom. The summed E-state index contributed by atoms with van der Waals surface area (Å²) in [4.78, 5) is 34.4. The number of benzene rings is 2. The third-order valence-electron chi connectivity index (χ3n) is 6.76. The fraction of sp³-hybridized carbons (Fsp3) is 0.483. The number of nitrogens with zero attached hydrogens (tertiary/aromatic N) is 3. The van der Waals surface area contributed by atoms with Crippen molar-refractivity contribution < 1.29 is 9.53 Å². The van der Waals surface area contributed by atoms with Crippen LogP contribution in [0.1, 0.15) is 78.1 Å². The Bertz CT molecular complexity index is 1170. The molecular weight excluding hydrogens is 438 g/mol. The molecule has 0 aliphatic heterocycles. The van der Waals surface area contributed by atoms with Crippen LogP contribution in [0, 0.1) is 5.92 Å². The molecule has 0 saturated heterocycles. The molecule has 35 heavy (non-hydrogen) atoms. The predicted molar refractivity (Wildman–Crippen MR) is 142 cm³/mol. The highest BCUT2D eigenvalue weighted by Crippen LogP contribution is 2.27. The van der Waals surface area contributed by atoms with Gasteiger partial charge in [-0.25, -0.2) is 4.98 Å². The second kappa shape index (κ2) is 12.5. The zero-order valence-corrected chi connectivity index (χ0v) is 21.8. The first-order chi connectivity index (χ1) is 17.0. The molecule has 2 aromatic carbocycles. The maximum Gasteiger partial charge on any atom is 0.266 e. The summed E-state index contributed by atoms with van der Waals surface area (Å²) < 4.78 is 6.97. The molecule has 0 aliphatic carbocycles. The highest BCUT2D eigenvalue weighted by atomic mass is 16.5. The molecule has 0 radical (unpaired) electrons. The van der Waals surface area contributed by atoms with Gasteiger partial charge in [0.25, 0.3) is 5.56 Å². The minimum atomic E-state index is -0.357. The minimum absolute atomic E-state index is 0.0177. The average molecular weight is 478 g/mol. The van der Waals surface area contributed by atoms with E-state index in [9.17, 15) is 9.59 Å². The van der Waals surface area contributed by atoms with Crippen LogP contribution in [0.2, 0.25) is 0 Å². The van der Waals surface area contributed by atoms with E-state index in [2.05, 4.69) is 20.8 Å². The molecule has 6 nitrogen and oxygen atoms in total. The topological polar surface area (TPSA) is 64.4 Å². The average Bonchev–Trinajstić information content (AvgIpc) is 2.89. The van der Waals surface area contributed by atoms with Gasteiger partial charge in [0, 0.05) is 12.5 Å². The highest BCUT2D eigenvalue weighted by Gasteiger charge is 2.30. The number of ether oxygens (including phenoxy) is 1. The van der Waals surface area contributed by atoms with Crippen molar-refractivity contribution in [2.24, 2.45) is 5.92 Å². The van der Waals surface area contributed by atoms with E-state index < -0.39 is 0 Å². The van der Waals surface area contributed by atoms with E-state index in [4.69, 9.17) is 9.72 Å². The normalized spacial score (nSPS) is 12.9. The van der Waals surface area contributed by atoms with Crippen LogP contribution in [-0.2, 0) is 4.79 Å². The largest absolute Gasteiger partial charge is 0.497 e. The molecule has 0 spiro atoms. The Balaban J connectivity index is 2.16. The molecule has 0 aliphatic rings. The minimum Gasteiger partial charge on any atom is -0.497 e. The van der Waals surface area contributed by atoms with E-state index in [0.29, 0.717) is 34.7 Å². The molecule has 2 unspecified atom stereocenters. The van der Waals surface area contributed by atoms with Gasteiger partial charge in [-0.3, -0.25) is 14.2 Å². The Hall–Kier alpha value is -3.15. The second-order valence-electron chi connectivity index (χ2n) is 9.13. The third kappa shape index (κ3) is 5.92. The van der Waals surface area contributed by atoms with E-state index in [-0.39, 0.29) is 23.4 Å². The number of unbranched alkanes of at least 4 members (excludes halogenated alkanes) is 2. The van der Waals surface area contributed by atoms with Crippen molar-refractivity contribution >= 4 is 16.8 Å². The van der Waals surface area contributed by atoms with E-state index in [1.165, 1.54) is 0 Å². The number of amides is 1. The predicted octanol–water partition coefficient (Wildman–Crippen LogP) is 6.30. The summed E-state index contributed by atoms with van der Waals surface area (Å²) in [7, 11) is 1.62. The molecule has 1 amide bonds. The summed E-state index contributed by atoms with van der Waals surface area (Å²) in [5.41, 5.74) is 1.21. The van der Waals surface area contributed by atoms with Crippen LogP contribution in [0.5, 0.6) is 5.75 Å². The summed E-state index contributed by atoms with van der Waals surface area (Å²) in [5, 5.41) is 0.556. The lowest BCUT2D eigenvalue weighted by Crippen LogP contribution is -2.41. The zero-order valence-electron chi connectivity index (χ0n) is 21.8. The number of rotatable bonds is 12. The van der Waals surface area contributed by atoms with E-state index >= 15 is 0 Å². The Kier molecular flexibility index (Phi) is 9.47. The van der Waals surface area contributed by atoms with Crippen LogP contribution in [0.15, 0.2) is 53.3 Å². The summed E-state index contributed by atoms with van der Waals surface area (Å²) >= 11 is 0. The van der Waals surface area contributed by atoms with Crippen LogP contribution in [0.25, 0.3) is 16.6 Å². The van der Waals surface area contributed by atoms with Gasteiger partial charge in [0.15, 0.2) is 0 Å². The molecule has 1 aromatic heterocycles. The van der Waals surface area contributed by atoms with Crippen molar-refractivity contribution in [2.45, 2.75) is 72.3 Å². The molecule has 0 saturated carbocycles. The number of hydrogen-bond acceptors (Lipinski definition) is 4. The molecule has 2 atom stereocenters. The third-order valence-corrected chi connectivity index (χ3v) is 6.76. The number of methoxy groups -OCH3 is 1. The number of hydrogen-bond donors (Lipinski definition) is 0. The van der Waals surface area contributed by atoms with Gasteiger partial charge in [0.1, 0.15) is 11.6 Å². The van der Waals surface area contributed by atoms with Crippen LogP contribution < -0.4 is 10.3 Å². The molecule has 6 heteroatoms. The maximum atomic E-state index is 13.8. The first-order valence-corrected chi connectivity index (χ1v) is 12.9. The standard InChI is InChI=1S/C29H39N3O3/c1-6-9-13-22(8-3)28(33)31(20-10-7-2)21(4)27-30-26-15-12-11-14-25(26)29(34)32(27)23-16-18-24(35-5)19-17-23/h11-12,14-19,21-22H,6-10,13,20H2,1-5H3. The quantitative estimate of drug-likeness (QED) is 0.307. The van der Waals surface area contributed by atoms with Crippen molar-refractivity contribution in [1.82, 2.24) is 14.5 Å². The smallest absolute Gasteiger partial charge is 0.266 e. The Morgan fingerprint density at radius 1 is 1.03 bits per heavy atom. The zero-order chi connectivity index (χ0) is 25.4. The van der Waals surface area contributed by atoms with Gasteiger partial charge in [-0.15, -0.1) is 0 Å².